The Balaban J connectivity index is 1.50. The molecule has 0 bridgehead atoms. The summed E-state index contributed by atoms with van der Waals surface area (Å²) in [7, 11) is 3.31. The first-order valence-corrected chi connectivity index (χ1v) is 14.8. The number of nitrogens with one attached hydrogen (secondary N) is 2. The smallest absolute Gasteiger partial charge is 0.330 e. The van der Waals surface area contributed by atoms with Crippen molar-refractivity contribution in [2.75, 3.05) is 13.7 Å². The third kappa shape index (κ3) is 5.88. The number of aliphatic carboxylic acids is 1. The van der Waals surface area contributed by atoms with Crippen molar-refractivity contribution in [1.29, 1.82) is 0 Å². The van der Waals surface area contributed by atoms with Crippen LogP contribution < -0.4 is 20.0 Å². The van der Waals surface area contributed by atoms with Crippen LogP contribution >= 0.6 is 0 Å². The molecule has 5 rings (SSSR count). The monoisotopic (exact) mass is 598 g/mol. The lowest BCUT2D eigenvalue weighted by Crippen LogP contribution is -2.58. The Morgan fingerprint density at radius 3 is 2.50 bits per heavy atom. The Morgan fingerprint density at radius 1 is 1.18 bits per heavy atom. The molecule has 2 aliphatic rings. The Bertz CT molecular complexity index is 1590. The first kappa shape index (κ1) is 31.1. The average molecular weight is 599 g/mol. The second-order valence-corrected chi connectivity index (χ2v) is 12.6. The van der Waals surface area contributed by atoms with E-state index in [1.807, 2.05) is 75.4 Å². The first-order valence-electron chi connectivity index (χ1n) is 14.8. The van der Waals surface area contributed by atoms with Gasteiger partial charge in [0.1, 0.15) is 29.2 Å². The van der Waals surface area contributed by atoms with Crippen LogP contribution in [0.25, 0.3) is 22.2 Å². The molecule has 1 saturated heterocycles. The molecule has 1 aliphatic carbocycles. The molecular weight excluding hydrogens is 559 g/mol. The molecule has 44 heavy (non-hydrogen) atoms. The molecule has 1 aromatic heterocycles. The van der Waals surface area contributed by atoms with E-state index < -0.39 is 41.0 Å². The minimum atomic E-state index is -1.41. The van der Waals surface area contributed by atoms with Gasteiger partial charge < -0.3 is 30.0 Å². The number of likely N-dealkylation sites (tertiary alicyclic amines) is 1. The van der Waals surface area contributed by atoms with E-state index in [9.17, 15) is 19.5 Å². The van der Waals surface area contributed by atoms with Crippen LogP contribution in [0.15, 0.2) is 67.3 Å². The lowest BCUT2D eigenvalue weighted by Gasteiger charge is -2.35. The molecule has 3 aromatic rings. The lowest BCUT2D eigenvalue weighted by molar-refractivity contribution is -0.146. The molecular formula is C33H39BN4O6. The number of rotatable bonds is 10. The fraction of sp³-hybridized carbons (Fsp3) is 0.394. The Morgan fingerprint density at radius 2 is 1.91 bits per heavy atom. The molecule has 3 N–H and O–H groups in total. The van der Waals surface area contributed by atoms with Gasteiger partial charge in [-0.1, -0.05) is 57.2 Å². The van der Waals surface area contributed by atoms with Crippen LogP contribution in [-0.2, 0) is 14.4 Å². The summed E-state index contributed by atoms with van der Waals surface area (Å²) in [4.78, 5) is 46.2. The van der Waals surface area contributed by atoms with Gasteiger partial charge in [0.25, 0.3) is 0 Å². The summed E-state index contributed by atoms with van der Waals surface area (Å²) in [5, 5.41) is 16.5. The highest BCUT2D eigenvalue weighted by atomic mass is 16.5. The van der Waals surface area contributed by atoms with E-state index in [4.69, 9.17) is 14.5 Å². The first-order chi connectivity index (χ1) is 20.9. The molecule has 2 amide bonds. The number of benzene rings is 2. The number of carbonyl (C=O) groups is 3. The highest BCUT2D eigenvalue weighted by molar-refractivity contribution is 6.07. The van der Waals surface area contributed by atoms with E-state index in [-0.39, 0.29) is 31.2 Å². The molecule has 0 spiro atoms. The van der Waals surface area contributed by atoms with Crippen LogP contribution in [0.4, 0.5) is 0 Å². The van der Waals surface area contributed by atoms with Gasteiger partial charge in [0.2, 0.25) is 11.8 Å². The molecule has 2 unspecified atom stereocenters. The normalized spacial score (nSPS) is 23.5. The van der Waals surface area contributed by atoms with E-state index in [2.05, 4.69) is 17.1 Å². The minimum Gasteiger partial charge on any atom is -0.497 e. The second-order valence-electron chi connectivity index (χ2n) is 12.6. The van der Waals surface area contributed by atoms with Crippen LogP contribution in [0.5, 0.6) is 11.5 Å². The number of nitrogens with zero attached hydrogens (tertiary/aromatic N) is 2. The zero-order chi connectivity index (χ0) is 31.8. The van der Waals surface area contributed by atoms with Crippen molar-refractivity contribution >= 4 is 36.7 Å². The van der Waals surface area contributed by atoms with Crippen LogP contribution in [0.3, 0.4) is 0 Å². The lowest BCUT2D eigenvalue weighted by atomic mass is 9.84. The number of carbonyl (C=O) groups excluding carboxylic acids is 2. The summed E-state index contributed by atoms with van der Waals surface area (Å²) >= 11 is 0. The van der Waals surface area contributed by atoms with Crippen molar-refractivity contribution in [2.45, 2.75) is 57.3 Å². The minimum absolute atomic E-state index is 0.150. The summed E-state index contributed by atoms with van der Waals surface area (Å²) < 4.78 is 12.0. The maximum absolute atomic E-state index is 14.0. The zero-order valence-corrected chi connectivity index (χ0v) is 25.8. The van der Waals surface area contributed by atoms with Crippen molar-refractivity contribution in [3.63, 3.8) is 0 Å². The summed E-state index contributed by atoms with van der Waals surface area (Å²) in [5.74, 6) is -1.05. The molecule has 2 aromatic carbocycles. The van der Waals surface area contributed by atoms with Gasteiger partial charge in [-0.2, -0.15) is 0 Å². The second kappa shape index (κ2) is 12.0. The van der Waals surface area contributed by atoms with Crippen molar-refractivity contribution in [3.8, 4) is 22.8 Å². The highest BCUT2D eigenvalue weighted by Gasteiger charge is 2.61. The summed E-state index contributed by atoms with van der Waals surface area (Å²) in [5.41, 5.74) is 0.436. The molecule has 2 fully saturated rings. The Labute approximate surface area is 258 Å². The van der Waals surface area contributed by atoms with Gasteiger partial charge >= 0.3 is 5.97 Å². The third-order valence-electron chi connectivity index (χ3n) is 8.62. The van der Waals surface area contributed by atoms with Gasteiger partial charge in [-0.15, -0.1) is 6.58 Å². The molecule has 10 nitrogen and oxygen atoms in total. The number of carboxylic acid groups (broad SMARTS) is 1. The predicted octanol–water partition coefficient (Wildman–Crippen LogP) is 2.96. The largest absolute Gasteiger partial charge is 0.497 e. The van der Waals surface area contributed by atoms with Gasteiger partial charge in [0.05, 0.1) is 30.9 Å². The van der Waals surface area contributed by atoms with Gasteiger partial charge in [-0.05, 0) is 24.0 Å². The number of carboxylic acids is 1. The van der Waals surface area contributed by atoms with E-state index in [0.717, 1.165) is 10.9 Å². The molecule has 1 saturated carbocycles. The molecule has 230 valence electrons. The number of methoxy groups -OCH3 is 1. The number of amides is 2. The predicted molar refractivity (Wildman–Crippen MR) is 170 cm³/mol. The van der Waals surface area contributed by atoms with E-state index in [0.29, 0.717) is 22.7 Å². The number of hydrogen-bond acceptors (Lipinski definition) is 7. The van der Waals surface area contributed by atoms with Crippen LogP contribution in [0, 0.1) is 11.3 Å². The summed E-state index contributed by atoms with van der Waals surface area (Å²) in [6.07, 6.45) is 1.45. The quantitative estimate of drug-likeness (QED) is 0.240. The number of ether oxygens (including phenoxy) is 2. The van der Waals surface area contributed by atoms with E-state index in [1.54, 1.807) is 21.2 Å². The van der Waals surface area contributed by atoms with Gasteiger partial charge in [-0.25, -0.2) is 9.78 Å². The Kier molecular flexibility index (Phi) is 8.44. The van der Waals surface area contributed by atoms with E-state index in [1.165, 1.54) is 4.90 Å². The van der Waals surface area contributed by atoms with Crippen LogP contribution in [0.2, 0.25) is 0 Å². The average Bonchev–Trinajstić information content (AvgIpc) is 3.56. The summed E-state index contributed by atoms with van der Waals surface area (Å²) in [6.45, 7) is 9.71. The fourth-order valence-corrected chi connectivity index (χ4v) is 6.12. The molecule has 2 heterocycles. The molecule has 5 atom stereocenters. The molecule has 0 radical (unpaired) electrons. The maximum atomic E-state index is 14.0. The van der Waals surface area contributed by atoms with Gasteiger partial charge in [0, 0.05) is 35.4 Å². The Hall–Kier alpha value is -4.38. The summed E-state index contributed by atoms with van der Waals surface area (Å²) in [6, 6.07) is 15.7. The number of fused-ring (bicyclic) bond motifs is 1. The van der Waals surface area contributed by atoms with Crippen LogP contribution in [-0.4, -0.2) is 78.1 Å². The topological polar surface area (TPSA) is 130 Å². The number of hydrogen-bond donors (Lipinski definition) is 3. The zero-order valence-electron chi connectivity index (χ0n) is 25.8. The van der Waals surface area contributed by atoms with Crippen molar-refractivity contribution in [1.82, 2.24) is 20.4 Å². The van der Waals surface area contributed by atoms with Gasteiger partial charge in [-0.3, -0.25) is 9.59 Å². The molecule has 1 aliphatic heterocycles. The van der Waals surface area contributed by atoms with E-state index >= 15 is 0 Å². The standard InChI is InChI=1S/C33H39BN4O6/c1-6-20-17-33(20,31(41)42)36-29(39)26-15-22(18-38(26)30(40)28(37-34)32(2,3)4)44-27-16-24(19-10-8-7-9-11-19)35-25-14-21(43-5)12-13-23(25)27/h6-14,16,20,22,26,28,37H,1,15,17-18,34H2,2-5H3,(H,36,39)(H,41,42)/t20?,22-,26?,28-,33-/m1/s1. The number of pyridine rings is 1. The van der Waals surface area contributed by atoms with Crippen molar-refractivity contribution in [2.24, 2.45) is 11.3 Å². The van der Waals surface area contributed by atoms with Crippen molar-refractivity contribution in [3.05, 3.63) is 67.3 Å². The SMILES string of the molecule is BN[C@H](C(=O)N1C[C@H](Oc2cc(-c3ccccc3)nc3cc(OC)ccc23)CC1C(=O)N[C@]1(C(=O)O)CC1C=C)C(C)(C)C. The fourth-order valence-electron chi connectivity index (χ4n) is 6.12. The maximum Gasteiger partial charge on any atom is 0.330 e. The van der Waals surface area contributed by atoms with Gasteiger partial charge in [0.15, 0.2) is 7.98 Å². The third-order valence-corrected chi connectivity index (χ3v) is 8.62. The van der Waals surface area contributed by atoms with Crippen molar-refractivity contribution < 1.29 is 29.0 Å². The number of aromatic nitrogens is 1. The highest BCUT2D eigenvalue weighted by Crippen LogP contribution is 2.45. The molecule has 11 heteroatoms. The van der Waals surface area contributed by atoms with Crippen LogP contribution in [0.1, 0.15) is 33.6 Å².